The summed E-state index contributed by atoms with van der Waals surface area (Å²) in [7, 11) is 0. The van der Waals surface area contributed by atoms with Crippen molar-refractivity contribution in [2.45, 2.75) is 6.92 Å². The number of nitro benzene ring substituents is 1. The molecule has 2 aromatic carbocycles. The van der Waals surface area contributed by atoms with Crippen LogP contribution in [0.25, 0.3) is 0 Å². The Morgan fingerprint density at radius 1 is 1.20 bits per heavy atom. The second-order valence-electron chi connectivity index (χ2n) is 4.09. The molecule has 6 nitrogen and oxygen atoms in total. The van der Waals surface area contributed by atoms with Crippen molar-refractivity contribution < 1.29 is 19.6 Å². The molecule has 0 saturated carbocycles. The summed E-state index contributed by atoms with van der Waals surface area (Å²) in [6.45, 7) is 1.36. The highest BCUT2D eigenvalue weighted by atomic mass is 16.6. The molecule has 0 radical (unpaired) electrons. The Kier molecular flexibility index (Phi) is 3.65. The monoisotopic (exact) mass is 273 g/mol. The first kappa shape index (κ1) is 13.5. The van der Waals surface area contributed by atoms with Crippen LogP contribution in [-0.4, -0.2) is 15.8 Å². The number of nitro groups is 1. The number of ketones is 1. The molecule has 2 rings (SSSR count). The van der Waals surface area contributed by atoms with Gasteiger partial charge in [-0.2, -0.15) is 0 Å². The van der Waals surface area contributed by atoms with Gasteiger partial charge < -0.3 is 9.84 Å². The lowest BCUT2D eigenvalue weighted by atomic mass is 10.1. The van der Waals surface area contributed by atoms with Gasteiger partial charge in [-0.15, -0.1) is 0 Å². The third-order valence-corrected chi connectivity index (χ3v) is 2.62. The molecular weight excluding hydrogens is 262 g/mol. The smallest absolute Gasteiger partial charge is 0.269 e. The molecule has 20 heavy (non-hydrogen) atoms. The number of carbonyl (C=O) groups is 1. The first-order chi connectivity index (χ1) is 9.47. The summed E-state index contributed by atoms with van der Waals surface area (Å²) >= 11 is 0. The van der Waals surface area contributed by atoms with E-state index in [0.717, 1.165) is 0 Å². The van der Waals surface area contributed by atoms with E-state index in [1.54, 1.807) is 0 Å². The maximum absolute atomic E-state index is 11.5. The van der Waals surface area contributed by atoms with E-state index >= 15 is 0 Å². The van der Waals surface area contributed by atoms with Gasteiger partial charge in [-0.05, 0) is 37.3 Å². The summed E-state index contributed by atoms with van der Waals surface area (Å²) < 4.78 is 5.51. The topological polar surface area (TPSA) is 89.7 Å². The average Bonchev–Trinajstić information content (AvgIpc) is 2.41. The van der Waals surface area contributed by atoms with E-state index in [1.807, 2.05) is 0 Å². The number of aromatic hydroxyl groups is 1. The fraction of sp³-hybridized carbons (Fsp3) is 0.0714. The fourth-order valence-electron chi connectivity index (χ4n) is 1.64. The third-order valence-electron chi connectivity index (χ3n) is 2.62. The van der Waals surface area contributed by atoms with Crippen LogP contribution in [0.2, 0.25) is 0 Å². The molecular formula is C14H11NO5. The summed E-state index contributed by atoms with van der Waals surface area (Å²) in [6, 6.07) is 9.67. The summed E-state index contributed by atoms with van der Waals surface area (Å²) in [5.74, 6) is 0.358. The highest BCUT2D eigenvalue weighted by Crippen LogP contribution is 2.29. The van der Waals surface area contributed by atoms with Gasteiger partial charge in [-0.3, -0.25) is 14.9 Å². The average molecular weight is 273 g/mol. The molecule has 2 aromatic rings. The summed E-state index contributed by atoms with van der Waals surface area (Å²) in [6.07, 6.45) is 0. The molecule has 0 heterocycles. The number of hydrogen-bond donors (Lipinski definition) is 1. The van der Waals surface area contributed by atoms with Gasteiger partial charge in [0.2, 0.25) is 0 Å². The number of hydrogen-bond acceptors (Lipinski definition) is 5. The van der Waals surface area contributed by atoms with Gasteiger partial charge in [-0.1, -0.05) is 0 Å². The van der Waals surface area contributed by atoms with Crippen LogP contribution in [0.4, 0.5) is 5.69 Å². The zero-order valence-corrected chi connectivity index (χ0v) is 10.6. The van der Waals surface area contributed by atoms with Crippen LogP contribution in [0.15, 0.2) is 42.5 Å². The number of carbonyl (C=O) groups excluding carboxylic acids is 1. The first-order valence-electron chi connectivity index (χ1n) is 5.73. The zero-order valence-electron chi connectivity index (χ0n) is 10.6. The molecule has 102 valence electrons. The molecule has 0 unspecified atom stereocenters. The van der Waals surface area contributed by atoms with Gasteiger partial charge in [0.1, 0.15) is 17.2 Å². The zero-order chi connectivity index (χ0) is 14.7. The van der Waals surface area contributed by atoms with E-state index in [9.17, 15) is 20.0 Å². The Hall–Kier alpha value is -2.89. The van der Waals surface area contributed by atoms with Crippen LogP contribution in [0.5, 0.6) is 17.2 Å². The molecule has 0 atom stereocenters. The second-order valence-corrected chi connectivity index (χ2v) is 4.09. The van der Waals surface area contributed by atoms with Gasteiger partial charge >= 0.3 is 0 Å². The molecule has 0 bridgehead atoms. The SMILES string of the molecule is CC(=O)c1cc(O)ccc1Oc1ccc([N+](=O)[O-])cc1. The number of ether oxygens (including phenoxy) is 1. The van der Waals surface area contributed by atoms with Crippen molar-refractivity contribution in [3.8, 4) is 17.2 Å². The molecule has 0 amide bonds. The molecule has 0 aliphatic heterocycles. The van der Waals surface area contributed by atoms with Crippen LogP contribution in [0, 0.1) is 10.1 Å². The third kappa shape index (κ3) is 2.92. The van der Waals surface area contributed by atoms with Crippen LogP contribution >= 0.6 is 0 Å². The second kappa shape index (κ2) is 5.40. The number of Topliss-reactive ketones (excluding diaryl/α,β-unsaturated/α-hetero) is 1. The van der Waals surface area contributed by atoms with Crippen molar-refractivity contribution in [3.63, 3.8) is 0 Å². The summed E-state index contributed by atoms with van der Waals surface area (Å²) in [5.41, 5.74) is 0.193. The molecule has 1 N–H and O–H groups in total. The predicted octanol–water partition coefficient (Wildman–Crippen LogP) is 3.30. The van der Waals surface area contributed by atoms with E-state index in [0.29, 0.717) is 5.75 Å². The predicted molar refractivity (Wildman–Crippen MR) is 71.3 cm³/mol. The molecule has 0 saturated heterocycles. The minimum Gasteiger partial charge on any atom is -0.508 e. The molecule has 0 aliphatic rings. The van der Waals surface area contributed by atoms with Gasteiger partial charge in [0.05, 0.1) is 10.5 Å². The van der Waals surface area contributed by atoms with Gasteiger partial charge in [0.25, 0.3) is 5.69 Å². The standard InChI is InChI=1S/C14H11NO5/c1-9(16)13-8-11(17)4-7-14(13)20-12-5-2-10(3-6-12)15(18)19/h2-8,17H,1H3. The number of non-ortho nitro benzene ring substituents is 1. The molecule has 6 heteroatoms. The first-order valence-corrected chi connectivity index (χ1v) is 5.73. The Morgan fingerprint density at radius 2 is 1.85 bits per heavy atom. The van der Waals surface area contributed by atoms with Crippen molar-refractivity contribution in [1.82, 2.24) is 0 Å². The molecule has 0 aromatic heterocycles. The van der Waals surface area contributed by atoms with E-state index in [1.165, 1.54) is 49.4 Å². The number of phenolic OH excluding ortho intramolecular Hbond substituents is 1. The van der Waals surface area contributed by atoms with E-state index in [-0.39, 0.29) is 28.5 Å². The lowest BCUT2D eigenvalue weighted by Gasteiger charge is -2.09. The van der Waals surface area contributed by atoms with Crippen LogP contribution < -0.4 is 4.74 Å². The van der Waals surface area contributed by atoms with E-state index < -0.39 is 4.92 Å². The van der Waals surface area contributed by atoms with Gasteiger partial charge in [0, 0.05) is 12.1 Å². The Bertz CT molecular complexity index is 664. The van der Waals surface area contributed by atoms with Crippen molar-refractivity contribution in [2.24, 2.45) is 0 Å². The number of rotatable bonds is 4. The van der Waals surface area contributed by atoms with Crippen molar-refractivity contribution in [1.29, 1.82) is 0 Å². The van der Waals surface area contributed by atoms with Gasteiger partial charge in [-0.25, -0.2) is 0 Å². The van der Waals surface area contributed by atoms with Crippen LogP contribution in [-0.2, 0) is 0 Å². The molecule has 0 spiro atoms. The number of nitrogens with zero attached hydrogens (tertiary/aromatic N) is 1. The van der Waals surface area contributed by atoms with Gasteiger partial charge in [0.15, 0.2) is 5.78 Å². The maximum atomic E-state index is 11.5. The molecule has 0 aliphatic carbocycles. The minimum absolute atomic E-state index is 0.0359. The minimum atomic E-state index is -0.509. The Labute approximate surface area is 114 Å². The van der Waals surface area contributed by atoms with Crippen molar-refractivity contribution >= 4 is 11.5 Å². The normalized spacial score (nSPS) is 10.1. The van der Waals surface area contributed by atoms with E-state index in [2.05, 4.69) is 0 Å². The summed E-state index contributed by atoms with van der Waals surface area (Å²) in [4.78, 5) is 21.5. The summed E-state index contributed by atoms with van der Waals surface area (Å²) in [5, 5.41) is 19.9. The van der Waals surface area contributed by atoms with Crippen LogP contribution in [0.3, 0.4) is 0 Å². The van der Waals surface area contributed by atoms with E-state index in [4.69, 9.17) is 4.74 Å². The maximum Gasteiger partial charge on any atom is 0.269 e. The van der Waals surface area contributed by atoms with Crippen molar-refractivity contribution in [3.05, 3.63) is 58.1 Å². The Morgan fingerprint density at radius 3 is 2.40 bits per heavy atom. The number of phenols is 1. The fourth-order valence-corrected chi connectivity index (χ4v) is 1.64. The lowest BCUT2D eigenvalue weighted by Crippen LogP contribution is -1.97. The highest BCUT2D eigenvalue weighted by molar-refractivity contribution is 5.97. The number of benzene rings is 2. The molecule has 0 fully saturated rings. The Balaban J connectivity index is 2.30. The van der Waals surface area contributed by atoms with Crippen LogP contribution in [0.1, 0.15) is 17.3 Å². The largest absolute Gasteiger partial charge is 0.508 e. The quantitative estimate of drug-likeness (QED) is 0.524. The van der Waals surface area contributed by atoms with Crippen molar-refractivity contribution in [2.75, 3.05) is 0 Å². The highest BCUT2D eigenvalue weighted by Gasteiger charge is 2.11. The lowest BCUT2D eigenvalue weighted by molar-refractivity contribution is -0.384.